The first-order valence-corrected chi connectivity index (χ1v) is 9.85. The summed E-state index contributed by atoms with van der Waals surface area (Å²) in [4.78, 5) is 10.6. The third-order valence-corrected chi connectivity index (χ3v) is 5.99. The van der Waals surface area contributed by atoms with E-state index < -0.39 is 20.6 Å². The van der Waals surface area contributed by atoms with Crippen LogP contribution in [0.2, 0.25) is 0 Å². The topological polar surface area (TPSA) is 129 Å². The molecule has 0 spiro atoms. The van der Waals surface area contributed by atoms with Crippen LogP contribution in [-0.4, -0.2) is 37.0 Å². The van der Waals surface area contributed by atoms with Crippen molar-refractivity contribution in [2.45, 2.75) is 18.7 Å². The number of nitriles is 1. The third kappa shape index (κ3) is 4.70. The van der Waals surface area contributed by atoms with Gasteiger partial charge in [0.25, 0.3) is 5.69 Å². The Bertz CT molecular complexity index is 1020. The fourth-order valence-electron chi connectivity index (χ4n) is 2.45. The van der Waals surface area contributed by atoms with E-state index in [1.54, 1.807) is 38.1 Å². The molecule has 0 fully saturated rings. The van der Waals surface area contributed by atoms with Crippen LogP contribution >= 0.6 is 0 Å². The van der Waals surface area contributed by atoms with Crippen molar-refractivity contribution in [2.24, 2.45) is 5.10 Å². The molecule has 0 radical (unpaired) electrons. The van der Waals surface area contributed by atoms with Crippen LogP contribution in [0.4, 0.5) is 11.4 Å². The van der Waals surface area contributed by atoms with Gasteiger partial charge in [-0.1, -0.05) is 26.0 Å². The molecule has 10 heteroatoms. The lowest BCUT2D eigenvalue weighted by Gasteiger charge is -2.18. The lowest BCUT2D eigenvalue weighted by molar-refractivity contribution is -0.384. The number of nitrogens with zero attached hydrogens (tertiary/aromatic N) is 4. The SMILES string of the molecule is CCN(CC)S(=O)(=O)c1ccc(N/N=C\c2ccc(C#N)cc2)c([N+](=O)[O-])c1. The van der Waals surface area contributed by atoms with Crippen LogP contribution in [0.15, 0.2) is 52.5 Å². The smallest absolute Gasteiger partial charge is 0.272 e. The highest BCUT2D eigenvalue weighted by Crippen LogP contribution is 2.29. The van der Waals surface area contributed by atoms with E-state index in [0.29, 0.717) is 11.1 Å². The summed E-state index contributed by atoms with van der Waals surface area (Å²) >= 11 is 0. The molecule has 0 bridgehead atoms. The molecule has 0 heterocycles. The van der Waals surface area contributed by atoms with Crippen molar-refractivity contribution in [1.29, 1.82) is 5.26 Å². The van der Waals surface area contributed by atoms with Crippen LogP contribution in [0.5, 0.6) is 0 Å². The molecular weight excluding hydrogens is 382 g/mol. The van der Waals surface area contributed by atoms with E-state index in [1.165, 1.54) is 22.7 Å². The number of nitro benzene ring substituents is 1. The fraction of sp³-hybridized carbons (Fsp3) is 0.222. The fourth-order valence-corrected chi connectivity index (χ4v) is 3.93. The zero-order valence-corrected chi connectivity index (χ0v) is 16.2. The van der Waals surface area contributed by atoms with Crippen LogP contribution in [0.1, 0.15) is 25.0 Å². The van der Waals surface area contributed by atoms with E-state index in [9.17, 15) is 18.5 Å². The molecule has 0 saturated heterocycles. The van der Waals surface area contributed by atoms with Gasteiger partial charge < -0.3 is 0 Å². The van der Waals surface area contributed by atoms with E-state index in [4.69, 9.17) is 5.26 Å². The van der Waals surface area contributed by atoms with E-state index in [2.05, 4.69) is 10.5 Å². The molecular formula is C18H19N5O4S. The Morgan fingerprint density at radius 3 is 2.39 bits per heavy atom. The van der Waals surface area contributed by atoms with Gasteiger partial charge in [0.2, 0.25) is 10.0 Å². The molecule has 0 aromatic heterocycles. The second-order valence-corrected chi connectivity index (χ2v) is 7.57. The summed E-state index contributed by atoms with van der Waals surface area (Å²) in [5, 5.41) is 24.1. The number of benzene rings is 2. The van der Waals surface area contributed by atoms with Gasteiger partial charge in [0.15, 0.2) is 0 Å². The Labute approximate surface area is 163 Å². The number of hydrogen-bond acceptors (Lipinski definition) is 7. The Morgan fingerprint density at radius 1 is 1.21 bits per heavy atom. The first-order valence-electron chi connectivity index (χ1n) is 8.41. The molecule has 0 aliphatic heterocycles. The van der Waals surface area contributed by atoms with E-state index in [0.717, 1.165) is 6.07 Å². The number of anilines is 1. The summed E-state index contributed by atoms with van der Waals surface area (Å²) in [6.07, 6.45) is 1.44. The van der Waals surface area contributed by atoms with E-state index in [1.807, 2.05) is 6.07 Å². The molecule has 2 aromatic rings. The highest BCUT2D eigenvalue weighted by atomic mass is 32.2. The number of hydrogen-bond donors (Lipinski definition) is 1. The predicted molar refractivity (Wildman–Crippen MR) is 106 cm³/mol. The number of nitrogens with one attached hydrogen (secondary N) is 1. The van der Waals surface area contributed by atoms with Gasteiger partial charge in [0.1, 0.15) is 5.69 Å². The van der Waals surface area contributed by atoms with Crippen molar-refractivity contribution >= 4 is 27.6 Å². The predicted octanol–water partition coefficient (Wildman–Crippen LogP) is 2.94. The van der Waals surface area contributed by atoms with Crippen molar-refractivity contribution < 1.29 is 13.3 Å². The largest absolute Gasteiger partial charge is 0.295 e. The molecule has 146 valence electrons. The maximum absolute atomic E-state index is 12.6. The van der Waals surface area contributed by atoms with Gasteiger partial charge in [-0.2, -0.15) is 14.7 Å². The second-order valence-electron chi connectivity index (χ2n) is 5.63. The summed E-state index contributed by atoms with van der Waals surface area (Å²) in [5.41, 5.74) is 3.42. The normalized spacial score (nSPS) is 11.5. The number of hydrazone groups is 1. The molecule has 9 nitrogen and oxygen atoms in total. The Kier molecular flexibility index (Phi) is 6.81. The number of rotatable bonds is 8. The van der Waals surface area contributed by atoms with E-state index in [-0.39, 0.29) is 23.7 Å². The summed E-state index contributed by atoms with van der Waals surface area (Å²) in [6.45, 7) is 3.93. The maximum atomic E-state index is 12.6. The van der Waals surface area contributed by atoms with Gasteiger partial charge in [-0.05, 0) is 29.8 Å². The summed E-state index contributed by atoms with van der Waals surface area (Å²) in [5.74, 6) is 0. The van der Waals surface area contributed by atoms with Gasteiger partial charge >= 0.3 is 0 Å². The minimum absolute atomic E-state index is 0.0633. The average molecular weight is 401 g/mol. The van der Waals surface area contributed by atoms with Gasteiger partial charge in [-0.15, -0.1) is 0 Å². The lowest BCUT2D eigenvalue weighted by atomic mass is 10.2. The summed E-state index contributed by atoms with van der Waals surface area (Å²) in [6, 6.07) is 12.2. The van der Waals surface area contributed by atoms with Gasteiger partial charge in [-0.25, -0.2) is 8.42 Å². The zero-order valence-electron chi connectivity index (χ0n) is 15.4. The van der Waals surface area contributed by atoms with Gasteiger partial charge in [-0.3, -0.25) is 15.5 Å². The van der Waals surface area contributed by atoms with Crippen molar-refractivity contribution in [2.75, 3.05) is 18.5 Å². The maximum Gasteiger partial charge on any atom is 0.295 e. The average Bonchev–Trinajstić information content (AvgIpc) is 2.69. The highest BCUT2D eigenvalue weighted by Gasteiger charge is 2.25. The number of nitro groups is 1. The molecule has 0 saturated carbocycles. The Morgan fingerprint density at radius 2 is 1.86 bits per heavy atom. The standard InChI is InChI=1S/C18H19N5O4S/c1-3-22(4-2)28(26,27)16-9-10-17(18(11-16)23(24)25)21-20-13-15-7-5-14(12-19)6-8-15/h5-11,13,21H,3-4H2,1-2H3/b20-13-. The van der Waals surface area contributed by atoms with Crippen LogP contribution < -0.4 is 5.43 Å². The van der Waals surface area contributed by atoms with Crippen molar-refractivity contribution in [1.82, 2.24) is 4.31 Å². The van der Waals surface area contributed by atoms with E-state index >= 15 is 0 Å². The minimum atomic E-state index is -3.81. The first kappa shape index (κ1) is 21.0. The van der Waals surface area contributed by atoms with Crippen LogP contribution in [-0.2, 0) is 10.0 Å². The monoisotopic (exact) mass is 401 g/mol. The molecule has 0 aliphatic carbocycles. The van der Waals surface area contributed by atoms with Crippen LogP contribution in [0.25, 0.3) is 0 Å². The van der Waals surface area contributed by atoms with Gasteiger partial charge in [0.05, 0.1) is 27.7 Å². The summed E-state index contributed by atoms with van der Waals surface area (Å²) < 4.78 is 26.3. The van der Waals surface area contributed by atoms with Crippen LogP contribution in [0, 0.1) is 21.4 Å². The number of sulfonamides is 1. The Balaban J connectivity index is 2.29. The quantitative estimate of drug-likeness (QED) is 0.411. The molecule has 0 aliphatic rings. The molecule has 1 N–H and O–H groups in total. The van der Waals surface area contributed by atoms with Crippen molar-refractivity contribution in [3.05, 3.63) is 63.7 Å². The zero-order chi connectivity index (χ0) is 20.7. The minimum Gasteiger partial charge on any atom is -0.272 e. The molecule has 0 atom stereocenters. The summed E-state index contributed by atoms with van der Waals surface area (Å²) in [7, 11) is -3.81. The van der Waals surface area contributed by atoms with Crippen LogP contribution in [0.3, 0.4) is 0 Å². The first-order chi connectivity index (χ1) is 13.3. The van der Waals surface area contributed by atoms with Gasteiger partial charge in [0, 0.05) is 19.2 Å². The highest BCUT2D eigenvalue weighted by molar-refractivity contribution is 7.89. The van der Waals surface area contributed by atoms with Crippen molar-refractivity contribution in [3.63, 3.8) is 0 Å². The molecule has 0 amide bonds. The second kappa shape index (κ2) is 9.07. The Hall–Kier alpha value is -3.29. The molecule has 2 aromatic carbocycles. The molecule has 0 unspecified atom stereocenters. The lowest BCUT2D eigenvalue weighted by Crippen LogP contribution is -2.30. The third-order valence-electron chi connectivity index (χ3n) is 3.95. The van der Waals surface area contributed by atoms with Crippen molar-refractivity contribution in [3.8, 4) is 6.07 Å². The molecule has 2 rings (SSSR count). The molecule has 28 heavy (non-hydrogen) atoms.